The van der Waals surface area contributed by atoms with Gasteiger partial charge in [-0.15, -0.1) is 0 Å². The van der Waals surface area contributed by atoms with Gasteiger partial charge in [0, 0.05) is 5.69 Å². The number of hydrogen-bond donors (Lipinski definition) is 1. The van der Waals surface area contributed by atoms with Gasteiger partial charge in [-0.3, -0.25) is 9.59 Å². The fraction of sp³-hybridized carbons (Fsp3) is 0.368. The highest BCUT2D eigenvalue weighted by Crippen LogP contribution is 2.30. The topological polar surface area (TPSA) is 45.1 Å². The Bertz CT molecular complexity index is 660. The number of imide groups is 1. The minimum atomic E-state index is -0.285. The van der Waals surface area contributed by atoms with E-state index in [4.69, 9.17) is 0 Å². The van der Waals surface area contributed by atoms with Crippen molar-refractivity contribution >= 4 is 17.5 Å². The first-order valence-electron chi connectivity index (χ1n) is 8.58. The standard InChI is InChI=1S/C19H21N3O2/c23-18-16-8-4-5-9-17(16)19(24)22(18)14-20-10-12-21(13-11-20)15-6-2-1-3-7-15/h1-9,16-17H,10-14H2/p+1/t16-,17-/m0/s1. The molecule has 0 saturated carbocycles. The van der Waals surface area contributed by atoms with Gasteiger partial charge in [-0.1, -0.05) is 42.5 Å². The third-order valence-electron chi connectivity index (χ3n) is 5.21. The predicted molar refractivity (Wildman–Crippen MR) is 91.3 cm³/mol. The lowest BCUT2D eigenvalue weighted by atomic mass is 9.91. The summed E-state index contributed by atoms with van der Waals surface area (Å²) in [6.45, 7) is 4.26. The average Bonchev–Trinajstić information content (AvgIpc) is 2.88. The second-order valence-electron chi connectivity index (χ2n) is 6.66. The molecule has 0 unspecified atom stereocenters. The first-order valence-corrected chi connectivity index (χ1v) is 8.58. The van der Waals surface area contributed by atoms with Crippen molar-refractivity contribution in [2.24, 2.45) is 11.8 Å². The van der Waals surface area contributed by atoms with E-state index in [2.05, 4.69) is 29.2 Å². The molecule has 0 spiro atoms. The summed E-state index contributed by atoms with van der Waals surface area (Å²) in [5.41, 5.74) is 1.24. The number of hydrogen-bond acceptors (Lipinski definition) is 3. The molecule has 124 valence electrons. The number of nitrogens with zero attached hydrogens (tertiary/aromatic N) is 2. The normalized spacial score (nSPS) is 27.0. The van der Waals surface area contributed by atoms with E-state index in [0.29, 0.717) is 6.67 Å². The second kappa shape index (κ2) is 6.24. The van der Waals surface area contributed by atoms with Crippen molar-refractivity contribution in [1.29, 1.82) is 0 Å². The highest BCUT2D eigenvalue weighted by Gasteiger charge is 2.47. The molecule has 1 aliphatic carbocycles. The maximum Gasteiger partial charge on any atom is 0.241 e. The molecule has 2 fully saturated rings. The molecule has 1 N–H and O–H groups in total. The molecule has 2 saturated heterocycles. The molecule has 0 bridgehead atoms. The summed E-state index contributed by atoms with van der Waals surface area (Å²) in [5.74, 6) is -0.646. The Morgan fingerprint density at radius 2 is 1.50 bits per heavy atom. The zero-order valence-corrected chi connectivity index (χ0v) is 13.6. The maximum atomic E-state index is 12.5. The number of para-hydroxylation sites is 1. The lowest BCUT2D eigenvalue weighted by Crippen LogP contribution is -3.16. The predicted octanol–water partition coefficient (Wildman–Crippen LogP) is 0.0762. The molecular weight excluding hydrogens is 302 g/mol. The zero-order chi connectivity index (χ0) is 16.5. The van der Waals surface area contributed by atoms with E-state index in [1.807, 2.05) is 30.4 Å². The van der Waals surface area contributed by atoms with Crippen molar-refractivity contribution in [3.8, 4) is 0 Å². The molecular formula is C19H22N3O2+. The van der Waals surface area contributed by atoms with Gasteiger partial charge in [-0.2, -0.15) is 0 Å². The Morgan fingerprint density at radius 1 is 0.917 bits per heavy atom. The molecule has 2 heterocycles. The molecule has 24 heavy (non-hydrogen) atoms. The summed E-state index contributed by atoms with van der Waals surface area (Å²) in [6, 6.07) is 10.4. The van der Waals surface area contributed by atoms with Gasteiger partial charge in [0.05, 0.1) is 38.0 Å². The average molecular weight is 324 g/mol. The molecule has 1 aromatic carbocycles. The van der Waals surface area contributed by atoms with Crippen LogP contribution in [0.15, 0.2) is 54.6 Å². The Hall–Kier alpha value is -2.40. The number of amides is 2. The van der Waals surface area contributed by atoms with Crippen LogP contribution in [0.25, 0.3) is 0 Å². The highest BCUT2D eigenvalue weighted by molar-refractivity contribution is 6.07. The summed E-state index contributed by atoms with van der Waals surface area (Å²) in [6.07, 6.45) is 7.43. The third kappa shape index (κ3) is 2.65. The summed E-state index contributed by atoms with van der Waals surface area (Å²) in [4.78, 5) is 30.2. The summed E-state index contributed by atoms with van der Waals surface area (Å²) < 4.78 is 0. The Labute approximate surface area is 141 Å². The van der Waals surface area contributed by atoms with E-state index in [-0.39, 0.29) is 23.7 Å². The van der Waals surface area contributed by atoms with Crippen molar-refractivity contribution in [2.45, 2.75) is 0 Å². The van der Waals surface area contributed by atoms with Crippen molar-refractivity contribution in [1.82, 2.24) is 4.90 Å². The molecule has 0 aromatic heterocycles. The summed E-state index contributed by atoms with van der Waals surface area (Å²) >= 11 is 0. The van der Waals surface area contributed by atoms with Gasteiger partial charge < -0.3 is 9.80 Å². The molecule has 2 aliphatic heterocycles. The van der Waals surface area contributed by atoms with E-state index in [9.17, 15) is 9.59 Å². The maximum absolute atomic E-state index is 12.5. The van der Waals surface area contributed by atoms with Crippen LogP contribution in [0.1, 0.15) is 0 Å². The lowest BCUT2D eigenvalue weighted by Gasteiger charge is -2.34. The minimum Gasteiger partial charge on any atom is -0.360 e. The number of quaternary nitrogens is 1. The fourth-order valence-electron chi connectivity index (χ4n) is 3.80. The minimum absolute atomic E-state index is 0.0383. The lowest BCUT2D eigenvalue weighted by molar-refractivity contribution is -0.907. The summed E-state index contributed by atoms with van der Waals surface area (Å²) in [7, 11) is 0. The number of allylic oxidation sites excluding steroid dienone is 2. The van der Waals surface area contributed by atoms with E-state index in [1.54, 1.807) is 0 Å². The van der Waals surface area contributed by atoms with Crippen LogP contribution < -0.4 is 9.80 Å². The second-order valence-corrected chi connectivity index (χ2v) is 6.66. The van der Waals surface area contributed by atoms with Crippen molar-refractivity contribution in [3.63, 3.8) is 0 Å². The SMILES string of the molecule is O=C1[C@H]2C=CC=C[C@@H]2C(=O)N1C[NH+]1CCN(c2ccccc2)CC1. The number of rotatable bonds is 3. The molecule has 5 heteroatoms. The molecule has 1 aromatic rings. The van der Waals surface area contributed by atoms with Crippen LogP contribution in [-0.2, 0) is 9.59 Å². The number of carbonyl (C=O) groups is 2. The van der Waals surface area contributed by atoms with E-state index in [1.165, 1.54) is 15.5 Å². The number of carbonyl (C=O) groups excluding carboxylic acids is 2. The number of nitrogens with one attached hydrogen (secondary N) is 1. The molecule has 2 amide bonds. The highest BCUT2D eigenvalue weighted by atomic mass is 16.2. The van der Waals surface area contributed by atoms with Crippen LogP contribution in [0.5, 0.6) is 0 Å². The van der Waals surface area contributed by atoms with Crippen molar-refractivity contribution in [2.75, 3.05) is 37.7 Å². The number of likely N-dealkylation sites (tertiary alicyclic amines) is 1. The first-order chi connectivity index (χ1) is 11.7. The number of fused-ring (bicyclic) bond motifs is 1. The van der Waals surface area contributed by atoms with Gasteiger partial charge in [0.25, 0.3) is 0 Å². The smallest absolute Gasteiger partial charge is 0.241 e. The largest absolute Gasteiger partial charge is 0.360 e. The van der Waals surface area contributed by atoms with Crippen molar-refractivity contribution < 1.29 is 14.5 Å². The van der Waals surface area contributed by atoms with E-state index in [0.717, 1.165) is 26.2 Å². The van der Waals surface area contributed by atoms with Crippen LogP contribution >= 0.6 is 0 Å². The third-order valence-corrected chi connectivity index (χ3v) is 5.21. The van der Waals surface area contributed by atoms with Crippen LogP contribution in [0.4, 0.5) is 5.69 Å². The number of anilines is 1. The van der Waals surface area contributed by atoms with Gasteiger partial charge >= 0.3 is 0 Å². The molecule has 0 radical (unpaired) electrons. The van der Waals surface area contributed by atoms with Gasteiger partial charge in [0.15, 0.2) is 6.67 Å². The van der Waals surface area contributed by atoms with Crippen LogP contribution in [-0.4, -0.2) is 49.6 Å². The van der Waals surface area contributed by atoms with Crippen molar-refractivity contribution in [3.05, 3.63) is 54.6 Å². The molecule has 3 aliphatic rings. The Morgan fingerprint density at radius 3 is 2.08 bits per heavy atom. The van der Waals surface area contributed by atoms with Gasteiger partial charge in [-0.05, 0) is 12.1 Å². The molecule has 4 rings (SSSR count). The van der Waals surface area contributed by atoms with E-state index < -0.39 is 0 Å². The molecule has 2 atom stereocenters. The van der Waals surface area contributed by atoms with Gasteiger partial charge in [-0.25, -0.2) is 4.90 Å². The van der Waals surface area contributed by atoms with Crippen LogP contribution in [0, 0.1) is 11.8 Å². The van der Waals surface area contributed by atoms with Crippen LogP contribution in [0.2, 0.25) is 0 Å². The number of benzene rings is 1. The summed E-state index contributed by atoms with van der Waals surface area (Å²) in [5, 5.41) is 0. The monoisotopic (exact) mass is 324 g/mol. The fourth-order valence-corrected chi connectivity index (χ4v) is 3.80. The quantitative estimate of drug-likeness (QED) is 0.801. The number of piperazine rings is 1. The molecule has 5 nitrogen and oxygen atoms in total. The van der Waals surface area contributed by atoms with Gasteiger partial charge in [0.2, 0.25) is 11.8 Å². The van der Waals surface area contributed by atoms with E-state index >= 15 is 0 Å². The Balaban J connectivity index is 1.37. The Kier molecular flexibility index (Phi) is 3.94. The van der Waals surface area contributed by atoms with Crippen LogP contribution in [0.3, 0.4) is 0 Å². The first kappa shape index (κ1) is 15.1. The van der Waals surface area contributed by atoms with Gasteiger partial charge in [0.1, 0.15) is 0 Å². The zero-order valence-electron chi connectivity index (χ0n) is 13.6.